The lowest BCUT2D eigenvalue weighted by Crippen LogP contribution is -2.43. The van der Waals surface area contributed by atoms with Crippen molar-refractivity contribution in [1.29, 1.82) is 0 Å². The van der Waals surface area contributed by atoms with E-state index in [9.17, 15) is 18.0 Å². The van der Waals surface area contributed by atoms with Crippen LogP contribution in [0.1, 0.15) is 24.0 Å². The first-order valence-electron chi connectivity index (χ1n) is 9.72. The first-order valence-corrected chi connectivity index (χ1v) is 11.2. The first kappa shape index (κ1) is 20.4. The summed E-state index contributed by atoms with van der Waals surface area (Å²) in [6.45, 7) is 3.68. The topological polar surface area (TPSA) is 105 Å². The summed E-state index contributed by atoms with van der Waals surface area (Å²) in [5.74, 6) is -0.329. The zero-order valence-electron chi connectivity index (χ0n) is 16.8. The van der Waals surface area contributed by atoms with Gasteiger partial charge in [-0.1, -0.05) is 12.1 Å². The van der Waals surface area contributed by atoms with Gasteiger partial charge in [0.1, 0.15) is 11.8 Å². The number of carbonyl (C=O) groups excluding carboxylic acids is 2. The molecule has 30 heavy (non-hydrogen) atoms. The van der Waals surface area contributed by atoms with Crippen molar-refractivity contribution in [2.45, 2.75) is 37.6 Å². The van der Waals surface area contributed by atoms with E-state index in [2.05, 4.69) is 10.6 Å². The molecule has 2 aliphatic rings. The Kier molecular flexibility index (Phi) is 5.25. The van der Waals surface area contributed by atoms with Crippen LogP contribution in [-0.2, 0) is 19.6 Å². The molecule has 2 aromatic rings. The molecule has 0 saturated carbocycles. The monoisotopic (exact) mass is 429 g/mol. The molecule has 0 aliphatic carbocycles. The lowest BCUT2D eigenvalue weighted by atomic mass is 10.2. The number of rotatable bonds is 4. The van der Waals surface area contributed by atoms with Gasteiger partial charge < -0.3 is 15.4 Å². The Morgan fingerprint density at radius 2 is 2.03 bits per heavy atom. The van der Waals surface area contributed by atoms with Gasteiger partial charge in [-0.2, -0.15) is 4.31 Å². The van der Waals surface area contributed by atoms with Crippen molar-refractivity contribution in [2.75, 3.05) is 23.8 Å². The quantitative estimate of drug-likeness (QED) is 0.777. The highest BCUT2D eigenvalue weighted by molar-refractivity contribution is 7.89. The normalized spacial score (nSPS) is 19.0. The maximum Gasteiger partial charge on any atom is 0.262 e. The number of aryl methyl sites for hydroxylation is 2. The third kappa shape index (κ3) is 3.78. The van der Waals surface area contributed by atoms with Gasteiger partial charge in [-0.15, -0.1) is 0 Å². The summed E-state index contributed by atoms with van der Waals surface area (Å²) >= 11 is 0. The van der Waals surface area contributed by atoms with Crippen LogP contribution in [0.2, 0.25) is 0 Å². The number of benzene rings is 2. The summed E-state index contributed by atoms with van der Waals surface area (Å²) in [5, 5.41) is 5.50. The number of sulfonamides is 1. The first-order chi connectivity index (χ1) is 14.3. The Morgan fingerprint density at radius 1 is 1.23 bits per heavy atom. The molecule has 2 aromatic carbocycles. The Balaban J connectivity index is 1.62. The van der Waals surface area contributed by atoms with Gasteiger partial charge in [-0.25, -0.2) is 8.42 Å². The molecular weight excluding hydrogens is 406 g/mol. The zero-order valence-corrected chi connectivity index (χ0v) is 17.6. The van der Waals surface area contributed by atoms with Gasteiger partial charge in [0.15, 0.2) is 6.61 Å². The van der Waals surface area contributed by atoms with Crippen LogP contribution in [0.3, 0.4) is 0 Å². The standard InChI is InChI=1S/C21H23N3O5S/c1-13-5-3-6-15(9-13)22-21(26)17-7-4-8-24(17)30(27,28)19-11-18-16(10-14(19)2)23-20(25)12-29-18/h3,5-6,9-11,17H,4,7-8,12H2,1-2H3,(H,22,26)(H,23,25). The minimum Gasteiger partial charge on any atom is -0.482 e. The van der Waals surface area contributed by atoms with Crippen molar-refractivity contribution in [2.24, 2.45) is 0 Å². The van der Waals surface area contributed by atoms with Crippen molar-refractivity contribution >= 4 is 33.2 Å². The van der Waals surface area contributed by atoms with Crippen LogP contribution < -0.4 is 15.4 Å². The van der Waals surface area contributed by atoms with Crippen LogP contribution in [0.4, 0.5) is 11.4 Å². The second-order valence-electron chi connectivity index (χ2n) is 7.58. The number of carbonyl (C=O) groups is 2. The number of fused-ring (bicyclic) bond motifs is 1. The molecule has 8 nitrogen and oxygen atoms in total. The van der Waals surface area contributed by atoms with E-state index in [4.69, 9.17) is 4.74 Å². The summed E-state index contributed by atoms with van der Waals surface area (Å²) < 4.78 is 33.5. The van der Waals surface area contributed by atoms with Gasteiger partial charge in [-0.3, -0.25) is 9.59 Å². The largest absolute Gasteiger partial charge is 0.482 e. The van der Waals surface area contributed by atoms with Crippen LogP contribution in [-0.4, -0.2) is 43.7 Å². The van der Waals surface area contributed by atoms with Gasteiger partial charge >= 0.3 is 0 Å². The number of nitrogens with zero attached hydrogens (tertiary/aromatic N) is 1. The molecule has 158 valence electrons. The highest BCUT2D eigenvalue weighted by atomic mass is 32.2. The van der Waals surface area contributed by atoms with Crippen LogP contribution in [0.5, 0.6) is 5.75 Å². The molecule has 9 heteroatoms. The number of anilines is 2. The number of hydrogen-bond donors (Lipinski definition) is 2. The maximum absolute atomic E-state index is 13.4. The maximum atomic E-state index is 13.4. The van der Waals surface area contributed by atoms with Crippen molar-refractivity contribution in [3.05, 3.63) is 47.5 Å². The van der Waals surface area contributed by atoms with Gasteiger partial charge in [0.05, 0.1) is 10.6 Å². The van der Waals surface area contributed by atoms with E-state index in [1.165, 1.54) is 10.4 Å². The van der Waals surface area contributed by atoms with E-state index in [0.29, 0.717) is 35.5 Å². The molecule has 0 aromatic heterocycles. The number of ether oxygens (including phenoxy) is 1. The fourth-order valence-corrected chi connectivity index (χ4v) is 5.74. The molecule has 2 amide bonds. The molecule has 0 radical (unpaired) electrons. The average molecular weight is 429 g/mol. The van der Waals surface area contributed by atoms with E-state index < -0.39 is 16.1 Å². The fourth-order valence-electron chi connectivity index (χ4n) is 3.86. The Labute approximate surface area is 175 Å². The highest BCUT2D eigenvalue weighted by Gasteiger charge is 2.40. The van der Waals surface area contributed by atoms with E-state index in [1.807, 2.05) is 25.1 Å². The smallest absolute Gasteiger partial charge is 0.262 e. The second-order valence-corrected chi connectivity index (χ2v) is 9.44. The summed E-state index contributed by atoms with van der Waals surface area (Å²) in [4.78, 5) is 24.5. The molecule has 2 N–H and O–H groups in total. The van der Waals surface area contributed by atoms with Gasteiger partial charge in [0.25, 0.3) is 5.91 Å². The van der Waals surface area contributed by atoms with Gasteiger partial charge in [0, 0.05) is 18.3 Å². The summed E-state index contributed by atoms with van der Waals surface area (Å²) in [6.07, 6.45) is 1.05. The third-order valence-electron chi connectivity index (χ3n) is 5.29. The predicted molar refractivity (Wildman–Crippen MR) is 112 cm³/mol. The van der Waals surface area contributed by atoms with Crippen LogP contribution in [0.15, 0.2) is 41.3 Å². The SMILES string of the molecule is Cc1cccc(NC(=O)C2CCCN2S(=O)(=O)c2cc3c(cc2C)NC(=O)CO3)c1. The van der Waals surface area contributed by atoms with Crippen LogP contribution in [0.25, 0.3) is 0 Å². The molecule has 2 heterocycles. The Bertz CT molecular complexity index is 1130. The van der Waals surface area contributed by atoms with Gasteiger partial charge in [0.2, 0.25) is 15.9 Å². The average Bonchev–Trinajstić information content (AvgIpc) is 3.18. The molecule has 0 spiro atoms. The van der Waals surface area contributed by atoms with E-state index >= 15 is 0 Å². The highest BCUT2D eigenvalue weighted by Crippen LogP contribution is 2.36. The summed E-state index contributed by atoms with van der Waals surface area (Å²) in [6, 6.07) is 9.59. The van der Waals surface area contributed by atoms with Crippen molar-refractivity contribution < 1.29 is 22.7 Å². The zero-order chi connectivity index (χ0) is 21.5. The van der Waals surface area contributed by atoms with Crippen LogP contribution >= 0.6 is 0 Å². The van der Waals surface area contributed by atoms with E-state index in [0.717, 1.165) is 5.56 Å². The minimum absolute atomic E-state index is 0.0765. The second kappa shape index (κ2) is 7.73. The molecule has 1 saturated heterocycles. The number of hydrogen-bond acceptors (Lipinski definition) is 5. The molecule has 0 bridgehead atoms. The minimum atomic E-state index is -3.93. The third-order valence-corrected chi connectivity index (χ3v) is 7.34. The van der Waals surface area contributed by atoms with Crippen molar-refractivity contribution in [3.8, 4) is 5.75 Å². The van der Waals surface area contributed by atoms with Gasteiger partial charge in [-0.05, 0) is 56.0 Å². The lowest BCUT2D eigenvalue weighted by Gasteiger charge is -2.26. The fraction of sp³-hybridized carbons (Fsp3) is 0.333. The predicted octanol–water partition coefficient (Wildman–Crippen LogP) is 2.43. The number of amides is 2. The molecule has 4 rings (SSSR count). The van der Waals surface area contributed by atoms with Crippen LogP contribution in [0, 0.1) is 13.8 Å². The Morgan fingerprint density at radius 3 is 2.80 bits per heavy atom. The molecule has 1 fully saturated rings. The van der Waals surface area contributed by atoms with Crippen molar-refractivity contribution in [3.63, 3.8) is 0 Å². The lowest BCUT2D eigenvalue weighted by molar-refractivity contribution is -0.119. The summed E-state index contributed by atoms with van der Waals surface area (Å²) in [7, 11) is -3.93. The molecular formula is C21H23N3O5S. The molecule has 2 aliphatic heterocycles. The van der Waals surface area contributed by atoms with E-state index in [-0.39, 0.29) is 29.9 Å². The summed E-state index contributed by atoms with van der Waals surface area (Å²) in [5.41, 5.74) is 2.56. The molecule has 1 atom stereocenters. The van der Waals surface area contributed by atoms with Crippen molar-refractivity contribution in [1.82, 2.24) is 4.31 Å². The van der Waals surface area contributed by atoms with E-state index in [1.54, 1.807) is 19.1 Å². The molecule has 1 unspecified atom stereocenters. The Hall–Kier alpha value is -2.91. The number of nitrogens with one attached hydrogen (secondary N) is 2.